The molecule has 7 nitrogen and oxygen atoms in total. The predicted octanol–water partition coefficient (Wildman–Crippen LogP) is 5.64. The lowest BCUT2D eigenvalue weighted by molar-refractivity contribution is 0.0917. The van der Waals surface area contributed by atoms with Crippen molar-refractivity contribution in [3.63, 3.8) is 0 Å². The van der Waals surface area contributed by atoms with E-state index in [0.29, 0.717) is 30.4 Å². The fourth-order valence-corrected chi connectivity index (χ4v) is 7.15. The molecule has 1 aliphatic rings. The Morgan fingerprint density at radius 2 is 1.82 bits per heavy atom. The monoisotopic (exact) mass is 549 g/mol. The van der Waals surface area contributed by atoms with Gasteiger partial charge in [0, 0.05) is 25.3 Å². The maximum atomic E-state index is 13.8. The van der Waals surface area contributed by atoms with E-state index in [-0.39, 0.29) is 23.5 Å². The minimum atomic E-state index is -3.73. The van der Waals surface area contributed by atoms with Crippen LogP contribution in [-0.2, 0) is 21.3 Å². The van der Waals surface area contributed by atoms with E-state index in [0.717, 1.165) is 34.2 Å². The van der Waals surface area contributed by atoms with Gasteiger partial charge in [0.05, 0.1) is 27.8 Å². The molecule has 1 saturated heterocycles. The van der Waals surface area contributed by atoms with Gasteiger partial charge in [0.15, 0.2) is 5.13 Å². The highest BCUT2D eigenvalue weighted by molar-refractivity contribution is 7.89. The summed E-state index contributed by atoms with van der Waals surface area (Å²) in [6.45, 7) is 5.54. The van der Waals surface area contributed by atoms with Crippen molar-refractivity contribution in [2.45, 2.75) is 44.2 Å². The van der Waals surface area contributed by atoms with Gasteiger partial charge in [-0.25, -0.2) is 13.4 Å². The van der Waals surface area contributed by atoms with Crippen molar-refractivity contribution in [2.75, 3.05) is 24.6 Å². The molecule has 1 aliphatic heterocycles. The van der Waals surface area contributed by atoms with Crippen LogP contribution < -0.4 is 4.90 Å². The minimum absolute atomic E-state index is 0.0530. The number of amides is 1. The fourth-order valence-electron chi connectivity index (χ4n) is 4.66. The fraction of sp³-hybridized carbons (Fsp3) is 0.310. The quantitative estimate of drug-likeness (QED) is 0.270. The predicted molar refractivity (Wildman–Crippen MR) is 151 cm³/mol. The number of sulfonamides is 1. The number of rotatable bonds is 9. The molecule has 0 bridgehead atoms. The van der Waals surface area contributed by atoms with Gasteiger partial charge in [-0.1, -0.05) is 60.7 Å². The average molecular weight is 550 g/mol. The summed E-state index contributed by atoms with van der Waals surface area (Å²) in [5.74, 6) is -0.224. The highest BCUT2D eigenvalue weighted by Crippen LogP contribution is 2.32. The van der Waals surface area contributed by atoms with Gasteiger partial charge in [0.1, 0.15) is 0 Å². The molecule has 0 radical (unpaired) electrons. The van der Waals surface area contributed by atoms with Crippen LogP contribution in [0.1, 0.15) is 41.3 Å². The molecule has 1 atom stereocenters. The molecule has 0 spiro atoms. The molecule has 0 saturated carbocycles. The van der Waals surface area contributed by atoms with Gasteiger partial charge in [-0.2, -0.15) is 4.31 Å². The van der Waals surface area contributed by atoms with Crippen LogP contribution in [0.3, 0.4) is 0 Å². The van der Waals surface area contributed by atoms with Crippen molar-refractivity contribution in [3.8, 4) is 0 Å². The van der Waals surface area contributed by atoms with Gasteiger partial charge in [0.25, 0.3) is 5.91 Å². The van der Waals surface area contributed by atoms with E-state index in [4.69, 9.17) is 9.72 Å². The lowest BCUT2D eigenvalue weighted by Gasteiger charge is -2.23. The Morgan fingerprint density at radius 3 is 2.47 bits per heavy atom. The van der Waals surface area contributed by atoms with Gasteiger partial charge in [-0.15, -0.1) is 0 Å². The van der Waals surface area contributed by atoms with Crippen LogP contribution >= 0.6 is 11.3 Å². The molecule has 1 aromatic heterocycles. The average Bonchev–Trinajstić information content (AvgIpc) is 3.61. The van der Waals surface area contributed by atoms with Crippen molar-refractivity contribution in [3.05, 3.63) is 89.5 Å². The summed E-state index contributed by atoms with van der Waals surface area (Å²) >= 11 is 1.48. The van der Waals surface area contributed by atoms with Crippen molar-refractivity contribution >= 4 is 42.6 Å². The Labute approximate surface area is 227 Å². The standard InChI is InChI=1S/C29H31N3O4S2/c1-3-31(19-22-10-5-4-6-11-22)38(34,35)25-16-14-23(15-17-25)28(33)32(20-24-12-8-18-36-24)29-30-27-21(2)9-7-13-26(27)37-29/h4-7,9-11,13-17,24H,3,8,12,18-20H2,1-2H3. The van der Waals surface area contributed by atoms with Crippen LogP contribution in [-0.4, -0.2) is 49.4 Å². The summed E-state index contributed by atoms with van der Waals surface area (Å²) in [4.78, 5) is 20.4. The first-order valence-electron chi connectivity index (χ1n) is 12.8. The van der Waals surface area contributed by atoms with Crippen LogP contribution in [0.4, 0.5) is 5.13 Å². The number of carbonyl (C=O) groups excluding carboxylic acids is 1. The van der Waals surface area contributed by atoms with Crippen molar-refractivity contribution in [1.29, 1.82) is 0 Å². The van der Waals surface area contributed by atoms with Crippen LogP contribution in [0.5, 0.6) is 0 Å². The zero-order valence-corrected chi connectivity index (χ0v) is 23.2. The summed E-state index contributed by atoms with van der Waals surface area (Å²) in [6, 6.07) is 21.7. The van der Waals surface area contributed by atoms with Gasteiger partial charge < -0.3 is 4.74 Å². The van der Waals surface area contributed by atoms with E-state index >= 15 is 0 Å². The highest BCUT2D eigenvalue weighted by atomic mass is 32.2. The van der Waals surface area contributed by atoms with E-state index in [2.05, 4.69) is 0 Å². The van der Waals surface area contributed by atoms with Crippen molar-refractivity contribution in [1.82, 2.24) is 9.29 Å². The van der Waals surface area contributed by atoms with Crippen LogP contribution in [0.25, 0.3) is 10.2 Å². The topological polar surface area (TPSA) is 79.8 Å². The molecular weight excluding hydrogens is 518 g/mol. The second-order valence-corrected chi connectivity index (χ2v) is 12.4. The summed E-state index contributed by atoms with van der Waals surface area (Å²) in [5.41, 5.74) is 3.27. The Kier molecular flexibility index (Phi) is 7.90. The highest BCUT2D eigenvalue weighted by Gasteiger charge is 2.28. The number of nitrogens with zero attached hydrogens (tertiary/aromatic N) is 3. The van der Waals surface area contributed by atoms with Crippen LogP contribution in [0.2, 0.25) is 0 Å². The van der Waals surface area contributed by atoms with Gasteiger partial charge in [-0.05, 0) is 61.2 Å². The number of hydrogen-bond donors (Lipinski definition) is 0. The second kappa shape index (κ2) is 11.3. The number of aromatic nitrogens is 1. The van der Waals surface area contributed by atoms with Gasteiger partial charge in [0.2, 0.25) is 10.0 Å². The van der Waals surface area contributed by atoms with E-state index in [1.807, 2.05) is 62.4 Å². The molecule has 4 aromatic rings. The first-order chi connectivity index (χ1) is 18.4. The summed E-state index contributed by atoms with van der Waals surface area (Å²) in [5, 5.41) is 0.617. The molecule has 198 valence electrons. The number of carbonyl (C=O) groups is 1. The number of aryl methyl sites for hydroxylation is 1. The molecule has 38 heavy (non-hydrogen) atoms. The van der Waals surface area contributed by atoms with E-state index in [9.17, 15) is 13.2 Å². The molecule has 0 N–H and O–H groups in total. The number of fused-ring (bicyclic) bond motifs is 1. The third kappa shape index (κ3) is 5.51. The third-order valence-electron chi connectivity index (χ3n) is 6.79. The smallest absolute Gasteiger partial charge is 0.260 e. The van der Waals surface area contributed by atoms with Crippen molar-refractivity contribution in [2.24, 2.45) is 0 Å². The normalized spacial score (nSPS) is 15.8. The van der Waals surface area contributed by atoms with Crippen molar-refractivity contribution < 1.29 is 17.9 Å². The Morgan fingerprint density at radius 1 is 1.05 bits per heavy atom. The lowest BCUT2D eigenvalue weighted by Crippen LogP contribution is -2.37. The third-order valence-corrected chi connectivity index (χ3v) is 9.77. The number of anilines is 1. The largest absolute Gasteiger partial charge is 0.376 e. The molecular formula is C29H31N3O4S2. The minimum Gasteiger partial charge on any atom is -0.376 e. The summed E-state index contributed by atoms with van der Waals surface area (Å²) in [6.07, 6.45) is 1.80. The van der Waals surface area contributed by atoms with E-state index < -0.39 is 10.0 Å². The molecule has 1 fully saturated rings. The number of ether oxygens (including phenoxy) is 1. The first kappa shape index (κ1) is 26.5. The number of hydrogen-bond acceptors (Lipinski definition) is 6. The van der Waals surface area contributed by atoms with Gasteiger partial charge in [-0.3, -0.25) is 9.69 Å². The number of thiazole rings is 1. The zero-order valence-electron chi connectivity index (χ0n) is 21.5. The van der Waals surface area contributed by atoms with Crippen LogP contribution in [0, 0.1) is 6.92 Å². The zero-order chi connectivity index (χ0) is 26.7. The maximum absolute atomic E-state index is 13.8. The van der Waals surface area contributed by atoms with E-state index in [1.54, 1.807) is 17.0 Å². The molecule has 1 amide bonds. The summed E-state index contributed by atoms with van der Waals surface area (Å²) < 4.78 is 35.0. The lowest BCUT2D eigenvalue weighted by atomic mass is 10.2. The molecule has 1 unspecified atom stereocenters. The number of para-hydroxylation sites is 1. The molecule has 2 heterocycles. The van der Waals surface area contributed by atoms with Gasteiger partial charge >= 0.3 is 0 Å². The first-order valence-corrected chi connectivity index (χ1v) is 15.1. The van der Waals surface area contributed by atoms with Crippen LogP contribution in [0.15, 0.2) is 77.7 Å². The Balaban J connectivity index is 1.42. The maximum Gasteiger partial charge on any atom is 0.260 e. The summed E-state index contributed by atoms with van der Waals surface area (Å²) in [7, 11) is -3.73. The molecule has 3 aromatic carbocycles. The van der Waals surface area contributed by atoms with E-state index in [1.165, 1.54) is 27.8 Å². The molecule has 9 heteroatoms. The second-order valence-electron chi connectivity index (χ2n) is 9.41. The molecule has 5 rings (SSSR count). The Hall–Kier alpha value is -3.11. The SMILES string of the molecule is CCN(Cc1ccccc1)S(=O)(=O)c1ccc(C(=O)N(CC2CCCO2)c2nc3c(C)cccc3s2)cc1. The Bertz CT molecular complexity index is 1510. The molecule has 0 aliphatic carbocycles. The number of benzene rings is 3.